The van der Waals surface area contributed by atoms with Crippen LogP contribution in [0.3, 0.4) is 0 Å². The minimum atomic E-state index is -0.710. The lowest BCUT2D eigenvalue weighted by Gasteiger charge is -2.26. The second-order valence-corrected chi connectivity index (χ2v) is 9.21. The zero-order valence-corrected chi connectivity index (χ0v) is 21.1. The van der Waals surface area contributed by atoms with Crippen LogP contribution in [0.5, 0.6) is 5.75 Å². The van der Waals surface area contributed by atoms with Gasteiger partial charge in [-0.15, -0.1) is 0 Å². The van der Waals surface area contributed by atoms with Crippen molar-refractivity contribution in [1.29, 1.82) is 0 Å². The molecular weight excluding hydrogens is 507 g/mol. The lowest BCUT2D eigenvalue weighted by atomic mass is 10.1. The van der Waals surface area contributed by atoms with Gasteiger partial charge in [0, 0.05) is 13.0 Å². The quantitative estimate of drug-likeness (QED) is 0.455. The minimum Gasteiger partial charge on any atom is -0.488 e. The summed E-state index contributed by atoms with van der Waals surface area (Å²) < 4.78 is 26.8. The van der Waals surface area contributed by atoms with Gasteiger partial charge in [0.05, 0.1) is 24.9 Å². The number of carbonyl (C=O) groups excluding carboxylic acids is 2. The highest BCUT2D eigenvalue weighted by atomic mass is 19.1. The summed E-state index contributed by atoms with van der Waals surface area (Å²) in [4.78, 5) is 45.0. The largest absolute Gasteiger partial charge is 0.488 e. The second-order valence-electron chi connectivity index (χ2n) is 9.21. The summed E-state index contributed by atoms with van der Waals surface area (Å²) in [5.74, 6) is -1.45. The van der Waals surface area contributed by atoms with Crippen LogP contribution in [0.1, 0.15) is 40.3 Å². The van der Waals surface area contributed by atoms with E-state index in [1.807, 2.05) is 30.3 Å². The lowest BCUT2D eigenvalue weighted by Crippen LogP contribution is -2.37. The van der Waals surface area contributed by atoms with Gasteiger partial charge in [-0.05, 0) is 29.7 Å². The molecule has 2 aromatic carbocycles. The van der Waals surface area contributed by atoms with E-state index in [-0.39, 0.29) is 74.0 Å². The van der Waals surface area contributed by atoms with Gasteiger partial charge in [-0.2, -0.15) is 0 Å². The number of carbonyl (C=O) groups is 2. The van der Waals surface area contributed by atoms with E-state index in [0.29, 0.717) is 12.0 Å². The summed E-state index contributed by atoms with van der Waals surface area (Å²) in [5.41, 5.74) is 0.720. The van der Waals surface area contributed by atoms with Crippen LogP contribution >= 0.6 is 0 Å². The summed E-state index contributed by atoms with van der Waals surface area (Å²) in [7, 11) is 0. The maximum Gasteiger partial charge on any atom is 0.297 e. The molecule has 2 aliphatic heterocycles. The molecular formula is C28H27FN4O6. The Labute approximate surface area is 223 Å². The van der Waals surface area contributed by atoms with E-state index in [4.69, 9.17) is 9.47 Å². The fourth-order valence-electron chi connectivity index (χ4n) is 4.71. The zero-order valence-electron chi connectivity index (χ0n) is 21.1. The number of hydrogen-bond donors (Lipinski definition) is 2. The predicted molar refractivity (Wildman–Crippen MR) is 139 cm³/mol. The standard InChI is InChI=1S/C28H27FN4O6/c1-17-26-31-24(25(28(37)32(26)11-12-38-17)39-16-18-5-3-2-4-6-18)27(36)30-14-19-7-8-20(29)13-22(19)33-21(15-34)9-10-23(33)35/h2-8,13,21,34H,1,9-12,14-16H2,(H,30,36)/t21-/m1/s1. The number of ether oxygens (including phenoxy) is 2. The van der Waals surface area contributed by atoms with Crippen LogP contribution < -0.4 is 20.5 Å². The Morgan fingerprint density at radius 2 is 2.03 bits per heavy atom. The summed E-state index contributed by atoms with van der Waals surface area (Å²) in [6.07, 6.45) is 0.666. The summed E-state index contributed by atoms with van der Waals surface area (Å²) >= 11 is 0. The molecule has 5 rings (SSSR count). The van der Waals surface area contributed by atoms with Crippen molar-refractivity contribution in [3.05, 3.63) is 93.9 Å². The minimum absolute atomic E-state index is 0.0383. The first-order chi connectivity index (χ1) is 18.9. The first kappa shape index (κ1) is 26.1. The highest BCUT2D eigenvalue weighted by Crippen LogP contribution is 2.30. The van der Waals surface area contributed by atoms with Crippen LogP contribution in [0.25, 0.3) is 5.76 Å². The van der Waals surface area contributed by atoms with Gasteiger partial charge in [0.1, 0.15) is 19.0 Å². The van der Waals surface area contributed by atoms with Gasteiger partial charge in [0.2, 0.25) is 11.7 Å². The molecule has 1 aromatic heterocycles. The van der Waals surface area contributed by atoms with Crippen molar-refractivity contribution < 1.29 is 28.6 Å². The predicted octanol–water partition coefficient (Wildman–Crippen LogP) is 2.38. The van der Waals surface area contributed by atoms with Gasteiger partial charge in [0.15, 0.2) is 17.3 Å². The first-order valence-corrected chi connectivity index (χ1v) is 12.5. The van der Waals surface area contributed by atoms with E-state index in [2.05, 4.69) is 16.9 Å². The Balaban J connectivity index is 1.45. The summed E-state index contributed by atoms with van der Waals surface area (Å²) in [6, 6.07) is 12.6. The fourth-order valence-corrected chi connectivity index (χ4v) is 4.71. The molecule has 0 aliphatic carbocycles. The number of aromatic nitrogens is 2. The van der Waals surface area contributed by atoms with E-state index in [0.717, 1.165) is 5.56 Å². The number of aliphatic hydroxyl groups excluding tert-OH is 1. The van der Waals surface area contributed by atoms with E-state index < -0.39 is 23.3 Å². The monoisotopic (exact) mass is 534 g/mol. The van der Waals surface area contributed by atoms with Crippen molar-refractivity contribution in [1.82, 2.24) is 14.9 Å². The van der Waals surface area contributed by atoms with Gasteiger partial charge < -0.3 is 24.8 Å². The molecule has 39 heavy (non-hydrogen) atoms. The third-order valence-electron chi connectivity index (χ3n) is 6.69. The highest BCUT2D eigenvalue weighted by molar-refractivity contribution is 5.97. The molecule has 2 aliphatic rings. The molecule has 3 heterocycles. The number of aliphatic hydroxyl groups is 1. The Kier molecular flexibility index (Phi) is 7.42. The second kappa shape index (κ2) is 11.1. The Morgan fingerprint density at radius 1 is 1.23 bits per heavy atom. The Morgan fingerprint density at radius 3 is 2.79 bits per heavy atom. The summed E-state index contributed by atoms with van der Waals surface area (Å²) in [6.45, 7) is 3.90. The molecule has 11 heteroatoms. The first-order valence-electron chi connectivity index (χ1n) is 12.5. The van der Waals surface area contributed by atoms with Gasteiger partial charge in [0.25, 0.3) is 11.5 Å². The number of anilines is 1. The number of amides is 2. The van der Waals surface area contributed by atoms with Crippen LogP contribution in [-0.4, -0.2) is 45.7 Å². The molecule has 1 saturated heterocycles. The van der Waals surface area contributed by atoms with Crippen LogP contribution in [0.4, 0.5) is 10.1 Å². The molecule has 3 aromatic rings. The zero-order chi connectivity index (χ0) is 27.5. The third kappa shape index (κ3) is 5.26. The average molecular weight is 535 g/mol. The van der Waals surface area contributed by atoms with Crippen LogP contribution in [0, 0.1) is 5.82 Å². The number of nitrogens with one attached hydrogen (secondary N) is 1. The molecule has 202 valence electrons. The van der Waals surface area contributed by atoms with Crippen LogP contribution in [-0.2, 0) is 29.2 Å². The molecule has 2 amide bonds. The molecule has 1 atom stereocenters. The van der Waals surface area contributed by atoms with E-state index in [1.54, 1.807) is 0 Å². The molecule has 0 bridgehead atoms. The topological polar surface area (TPSA) is 123 Å². The molecule has 0 saturated carbocycles. The van der Waals surface area contributed by atoms with E-state index in [9.17, 15) is 23.9 Å². The number of halogens is 1. The molecule has 0 spiro atoms. The fraction of sp³-hybridized carbons (Fsp3) is 0.286. The van der Waals surface area contributed by atoms with Gasteiger partial charge >= 0.3 is 0 Å². The van der Waals surface area contributed by atoms with Crippen molar-refractivity contribution in [3.8, 4) is 5.75 Å². The maximum absolute atomic E-state index is 14.2. The van der Waals surface area contributed by atoms with Gasteiger partial charge in [-0.3, -0.25) is 19.0 Å². The van der Waals surface area contributed by atoms with Crippen molar-refractivity contribution >= 4 is 23.3 Å². The Hall–Kier alpha value is -4.51. The van der Waals surface area contributed by atoms with Crippen LogP contribution in [0.15, 0.2) is 59.9 Å². The van der Waals surface area contributed by atoms with E-state index >= 15 is 0 Å². The van der Waals surface area contributed by atoms with Crippen LogP contribution in [0.2, 0.25) is 0 Å². The Bertz CT molecular complexity index is 1490. The third-order valence-corrected chi connectivity index (χ3v) is 6.69. The lowest BCUT2D eigenvalue weighted by molar-refractivity contribution is -0.117. The molecule has 10 nitrogen and oxygen atoms in total. The normalized spacial score (nSPS) is 16.6. The van der Waals surface area contributed by atoms with Crippen molar-refractivity contribution in [2.45, 2.75) is 38.6 Å². The maximum atomic E-state index is 14.2. The average Bonchev–Trinajstić information content (AvgIpc) is 3.32. The number of benzene rings is 2. The van der Waals surface area contributed by atoms with Crippen molar-refractivity contribution in [3.63, 3.8) is 0 Å². The molecule has 0 radical (unpaired) electrons. The van der Waals surface area contributed by atoms with Gasteiger partial charge in [-0.25, -0.2) is 9.37 Å². The smallest absolute Gasteiger partial charge is 0.297 e. The van der Waals surface area contributed by atoms with Crippen molar-refractivity contribution in [2.24, 2.45) is 0 Å². The highest BCUT2D eigenvalue weighted by Gasteiger charge is 2.33. The molecule has 0 unspecified atom stereocenters. The number of fused-ring (bicyclic) bond motifs is 1. The number of nitrogens with zero attached hydrogens (tertiary/aromatic N) is 3. The molecule has 2 N–H and O–H groups in total. The number of rotatable bonds is 8. The molecule has 1 fully saturated rings. The van der Waals surface area contributed by atoms with E-state index in [1.165, 1.54) is 27.7 Å². The van der Waals surface area contributed by atoms with Gasteiger partial charge in [-0.1, -0.05) is 43.0 Å². The summed E-state index contributed by atoms with van der Waals surface area (Å²) in [5, 5.41) is 12.4. The SMILES string of the molecule is C=C1OCCn2c1nc(C(=O)NCc1ccc(F)cc1N1C(=O)CC[C@@H]1CO)c(OCc1ccccc1)c2=O. The number of hydrogen-bond acceptors (Lipinski definition) is 7. The van der Waals surface area contributed by atoms with Crippen molar-refractivity contribution in [2.75, 3.05) is 18.1 Å².